The average Bonchev–Trinajstić information content (AvgIpc) is 2.41. The standard InChI is InChI=1S/C15H13N3/c1-10-9-17-15(16)18-14(10)13-7-6-11-4-2-3-5-12(11)8-13/h2-9H,1H3,(H2,16,17,18). The molecular weight excluding hydrogens is 222 g/mol. The Hall–Kier alpha value is -2.42. The first-order valence-corrected chi connectivity index (χ1v) is 5.82. The van der Waals surface area contributed by atoms with Crippen LogP contribution >= 0.6 is 0 Å². The number of fused-ring (bicyclic) bond motifs is 1. The Morgan fingerprint density at radius 3 is 2.61 bits per heavy atom. The van der Waals surface area contributed by atoms with Gasteiger partial charge < -0.3 is 5.73 Å². The van der Waals surface area contributed by atoms with E-state index in [0.717, 1.165) is 16.8 Å². The molecule has 0 amide bonds. The van der Waals surface area contributed by atoms with Crippen molar-refractivity contribution in [3.8, 4) is 11.3 Å². The normalized spacial score (nSPS) is 10.7. The molecule has 3 nitrogen and oxygen atoms in total. The van der Waals surface area contributed by atoms with Crippen LogP contribution in [0.4, 0.5) is 5.95 Å². The van der Waals surface area contributed by atoms with Gasteiger partial charge in [-0.3, -0.25) is 0 Å². The fourth-order valence-corrected chi connectivity index (χ4v) is 2.08. The molecule has 2 N–H and O–H groups in total. The number of rotatable bonds is 1. The Morgan fingerprint density at radius 2 is 1.78 bits per heavy atom. The minimum Gasteiger partial charge on any atom is -0.368 e. The number of benzene rings is 2. The topological polar surface area (TPSA) is 51.8 Å². The summed E-state index contributed by atoms with van der Waals surface area (Å²) in [6, 6.07) is 14.6. The van der Waals surface area contributed by atoms with Crippen LogP contribution in [0.5, 0.6) is 0 Å². The highest BCUT2D eigenvalue weighted by Gasteiger charge is 2.05. The number of nitrogens with zero attached hydrogens (tertiary/aromatic N) is 2. The second-order valence-electron chi connectivity index (χ2n) is 4.32. The number of nitrogen functional groups attached to an aromatic ring is 1. The minimum absolute atomic E-state index is 0.309. The van der Waals surface area contributed by atoms with E-state index in [1.54, 1.807) is 6.20 Å². The smallest absolute Gasteiger partial charge is 0.220 e. The van der Waals surface area contributed by atoms with Gasteiger partial charge in [-0.2, -0.15) is 0 Å². The number of anilines is 1. The molecule has 3 aromatic rings. The monoisotopic (exact) mass is 235 g/mol. The quantitative estimate of drug-likeness (QED) is 0.704. The summed E-state index contributed by atoms with van der Waals surface area (Å²) in [6.07, 6.45) is 1.76. The third-order valence-corrected chi connectivity index (χ3v) is 3.01. The maximum absolute atomic E-state index is 5.66. The first kappa shape index (κ1) is 10.7. The number of nitrogens with two attached hydrogens (primary N) is 1. The molecule has 88 valence electrons. The number of aryl methyl sites for hydroxylation is 1. The van der Waals surface area contributed by atoms with Crippen LogP contribution in [0.25, 0.3) is 22.0 Å². The lowest BCUT2D eigenvalue weighted by atomic mass is 10.0. The van der Waals surface area contributed by atoms with Gasteiger partial charge in [0.25, 0.3) is 0 Å². The summed E-state index contributed by atoms with van der Waals surface area (Å²) in [7, 11) is 0. The first-order chi connectivity index (χ1) is 8.74. The van der Waals surface area contributed by atoms with Gasteiger partial charge in [-0.15, -0.1) is 0 Å². The summed E-state index contributed by atoms with van der Waals surface area (Å²) in [4.78, 5) is 8.31. The third kappa shape index (κ3) is 1.80. The Balaban J connectivity index is 2.22. The van der Waals surface area contributed by atoms with Crippen molar-refractivity contribution < 1.29 is 0 Å². The molecule has 0 aliphatic rings. The van der Waals surface area contributed by atoms with Crippen molar-refractivity contribution in [2.45, 2.75) is 6.92 Å². The third-order valence-electron chi connectivity index (χ3n) is 3.01. The van der Waals surface area contributed by atoms with E-state index in [1.165, 1.54) is 10.8 Å². The van der Waals surface area contributed by atoms with Crippen molar-refractivity contribution in [1.29, 1.82) is 0 Å². The predicted octanol–water partition coefficient (Wildman–Crippen LogP) is 3.19. The lowest BCUT2D eigenvalue weighted by Crippen LogP contribution is -1.98. The highest BCUT2D eigenvalue weighted by atomic mass is 15.0. The van der Waals surface area contributed by atoms with Gasteiger partial charge >= 0.3 is 0 Å². The molecule has 0 bridgehead atoms. The van der Waals surface area contributed by atoms with Crippen molar-refractivity contribution in [2.24, 2.45) is 0 Å². The Labute approximate surface area is 105 Å². The SMILES string of the molecule is Cc1cnc(N)nc1-c1ccc2ccccc2c1. The Bertz CT molecular complexity index is 720. The summed E-state index contributed by atoms with van der Waals surface area (Å²) < 4.78 is 0. The molecule has 0 aliphatic carbocycles. The molecule has 0 radical (unpaired) electrons. The van der Waals surface area contributed by atoms with Gasteiger partial charge in [0.05, 0.1) is 5.69 Å². The van der Waals surface area contributed by atoms with E-state index in [-0.39, 0.29) is 0 Å². The van der Waals surface area contributed by atoms with Crippen LogP contribution in [0, 0.1) is 6.92 Å². The van der Waals surface area contributed by atoms with Gasteiger partial charge in [-0.25, -0.2) is 9.97 Å². The molecular formula is C15H13N3. The zero-order valence-electron chi connectivity index (χ0n) is 10.1. The van der Waals surface area contributed by atoms with Crippen molar-refractivity contribution in [3.05, 3.63) is 54.2 Å². The molecule has 3 heteroatoms. The van der Waals surface area contributed by atoms with E-state index in [4.69, 9.17) is 5.73 Å². The highest BCUT2D eigenvalue weighted by Crippen LogP contribution is 2.25. The molecule has 0 saturated carbocycles. The molecule has 0 unspecified atom stereocenters. The van der Waals surface area contributed by atoms with Crippen LogP contribution in [-0.2, 0) is 0 Å². The van der Waals surface area contributed by atoms with E-state index < -0.39 is 0 Å². The van der Waals surface area contributed by atoms with Crippen molar-refractivity contribution in [2.75, 3.05) is 5.73 Å². The zero-order valence-corrected chi connectivity index (χ0v) is 10.1. The molecule has 0 fully saturated rings. The Morgan fingerprint density at radius 1 is 1.00 bits per heavy atom. The molecule has 1 aromatic heterocycles. The zero-order chi connectivity index (χ0) is 12.5. The van der Waals surface area contributed by atoms with Crippen LogP contribution in [0.15, 0.2) is 48.7 Å². The van der Waals surface area contributed by atoms with Gasteiger partial charge in [-0.05, 0) is 29.3 Å². The second kappa shape index (κ2) is 4.11. The van der Waals surface area contributed by atoms with E-state index in [1.807, 2.05) is 19.1 Å². The highest BCUT2D eigenvalue weighted by molar-refractivity contribution is 5.87. The molecule has 0 atom stereocenters. The van der Waals surface area contributed by atoms with Crippen molar-refractivity contribution in [1.82, 2.24) is 9.97 Å². The number of hydrogen-bond donors (Lipinski definition) is 1. The number of hydrogen-bond acceptors (Lipinski definition) is 3. The van der Waals surface area contributed by atoms with Gasteiger partial charge in [0, 0.05) is 11.8 Å². The van der Waals surface area contributed by atoms with Gasteiger partial charge in [-0.1, -0.05) is 36.4 Å². The summed E-state index contributed by atoms with van der Waals surface area (Å²) in [5.41, 5.74) is 8.65. The van der Waals surface area contributed by atoms with E-state index in [0.29, 0.717) is 5.95 Å². The predicted molar refractivity (Wildman–Crippen MR) is 74.1 cm³/mol. The molecule has 2 aromatic carbocycles. The Kier molecular flexibility index (Phi) is 2.45. The fraction of sp³-hybridized carbons (Fsp3) is 0.0667. The second-order valence-corrected chi connectivity index (χ2v) is 4.32. The molecule has 0 aliphatic heterocycles. The van der Waals surface area contributed by atoms with Gasteiger partial charge in [0.2, 0.25) is 5.95 Å². The largest absolute Gasteiger partial charge is 0.368 e. The van der Waals surface area contributed by atoms with Gasteiger partial charge in [0.1, 0.15) is 0 Å². The maximum atomic E-state index is 5.66. The molecule has 0 saturated heterocycles. The van der Waals surface area contributed by atoms with Crippen LogP contribution in [-0.4, -0.2) is 9.97 Å². The van der Waals surface area contributed by atoms with E-state index in [2.05, 4.69) is 40.3 Å². The molecule has 3 rings (SSSR count). The summed E-state index contributed by atoms with van der Waals surface area (Å²) in [5, 5.41) is 2.42. The average molecular weight is 235 g/mol. The summed E-state index contributed by atoms with van der Waals surface area (Å²) in [5.74, 6) is 0.309. The summed E-state index contributed by atoms with van der Waals surface area (Å²) >= 11 is 0. The van der Waals surface area contributed by atoms with Crippen LogP contribution < -0.4 is 5.73 Å². The van der Waals surface area contributed by atoms with Gasteiger partial charge in [0.15, 0.2) is 0 Å². The lowest BCUT2D eigenvalue weighted by molar-refractivity contribution is 1.15. The first-order valence-electron chi connectivity index (χ1n) is 5.82. The van der Waals surface area contributed by atoms with E-state index >= 15 is 0 Å². The lowest BCUT2D eigenvalue weighted by Gasteiger charge is -2.06. The van der Waals surface area contributed by atoms with Crippen LogP contribution in [0.1, 0.15) is 5.56 Å². The minimum atomic E-state index is 0.309. The van der Waals surface area contributed by atoms with E-state index in [9.17, 15) is 0 Å². The van der Waals surface area contributed by atoms with Crippen LogP contribution in [0.2, 0.25) is 0 Å². The fourth-order valence-electron chi connectivity index (χ4n) is 2.08. The van der Waals surface area contributed by atoms with Crippen molar-refractivity contribution >= 4 is 16.7 Å². The molecule has 1 heterocycles. The molecule has 0 spiro atoms. The van der Waals surface area contributed by atoms with Crippen molar-refractivity contribution in [3.63, 3.8) is 0 Å². The number of aromatic nitrogens is 2. The molecule has 18 heavy (non-hydrogen) atoms. The maximum Gasteiger partial charge on any atom is 0.220 e. The van der Waals surface area contributed by atoms with Crippen LogP contribution in [0.3, 0.4) is 0 Å². The summed E-state index contributed by atoms with van der Waals surface area (Å²) in [6.45, 7) is 1.99.